The zero-order chi connectivity index (χ0) is 14.3. The van der Waals surface area contributed by atoms with E-state index in [-0.39, 0.29) is 18.3 Å². The molecule has 1 amide bonds. The van der Waals surface area contributed by atoms with Crippen molar-refractivity contribution in [1.82, 2.24) is 10.2 Å². The minimum absolute atomic E-state index is 0.115. The number of ether oxygens (including phenoxy) is 1. The van der Waals surface area contributed by atoms with Gasteiger partial charge in [-0.1, -0.05) is 6.07 Å². The average Bonchev–Trinajstić information content (AvgIpc) is 2.33. The van der Waals surface area contributed by atoms with E-state index >= 15 is 0 Å². The van der Waals surface area contributed by atoms with Crippen LogP contribution in [0.25, 0.3) is 0 Å². The molecule has 1 aromatic rings. The lowest BCUT2D eigenvalue weighted by atomic mass is 10.2. The summed E-state index contributed by atoms with van der Waals surface area (Å²) in [7, 11) is 3.33. The molecule has 0 aromatic heterocycles. The minimum Gasteiger partial charge on any atom is -0.399 e. The molecule has 1 aromatic carbocycles. The molecule has 106 valence electrons. The largest absolute Gasteiger partial charge is 0.399 e. The smallest absolute Gasteiger partial charge is 0.234 e. The molecule has 0 heterocycles. The molecule has 0 saturated heterocycles. The van der Waals surface area contributed by atoms with E-state index < -0.39 is 0 Å². The number of methoxy groups -OCH3 is 1. The molecule has 0 atom stereocenters. The number of likely N-dealkylation sites (N-methyl/N-ethyl adjacent to an activating group) is 1. The van der Waals surface area contributed by atoms with Crippen molar-refractivity contribution in [3.8, 4) is 0 Å². The Morgan fingerprint density at radius 1 is 1.53 bits per heavy atom. The molecule has 3 N–H and O–H groups in total. The highest BCUT2D eigenvalue weighted by Crippen LogP contribution is 2.13. The Hall–Kier alpha value is -1.66. The average molecular weight is 269 g/mol. The Morgan fingerprint density at radius 3 is 2.89 bits per heavy atom. The van der Waals surface area contributed by atoms with Gasteiger partial charge in [-0.2, -0.15) is 0 Å². The number of anilines is 1. The summed E-state index contributed by atoms with van der Waals surface area (Å²) in [5, 5.41) is 2.70. The number of carbonyl (C=O) groups excluding carboxylic acids is 1. The Labute approximate surface area is 112 Å². The molecule has 5 nitrogen and oxygen atoms in total. The van der Waals surface area contributed by atoms with Gasteiger partial charge < -0.3 is 15.8 Å². The molecule has 0 spiro atoms. The van der Waals surface area contributed by atoms with Gasteiger partial charge in [0.15, 0.2) is 0 Å². The van der Waals surface area contributed by atoms with Crippen LogP contribution < -0.4 is 11.1 Å². The van der Waals surface area contributed by atoms with Gasteiger partial charge in [-0.15, -0.1) is 0 Å². The second-order valence-corrected chi connectivity index (χ2v) is 4.37. The lowest BCUT2D eigenvalue weighted by Gasteiger charge is -2.16. The third-order valence-corrected chi connectivity index (χ3v) is 2.56. The topological polar surface area (TPSA) is 67.6 Å². The highest BCUT2D eigenvalue weighted by molar-refractivity contribution is 5.77. The van der Waals surface area contributed by atoms with E-state index in [0.29, 0.717) is 30.9 Å². The van der Waals surface area contributed by atoms with E-state index in [1.165, 1.54) is 6.07 Å². The van der Waals surface area contributed by atoms with Crippen LogP contribution in [0.2, 0.25) is 0 Å². The summed E-state index contributed by atoms with van der Waals surface area (Å²) in [4.78, 5) is 13.3. The molecular formula is C13H20FN3O2. The summed E-state index contributed by atoms with van der Waals surface area (Å²) in [5.41, 5.74) is 6.38. The number of nitrogens with one attached hydrogen (secondary N) is 1. The molecule has 0 unspecified atom stereocenters. The minimum atomic E-state index is -0.355. The first-order valence-electron chi connectivity index (χ1n) is 6.01. The number of nitrogens with two attached hydrogens (primary N) is 1. The maximum absolute atomic E-state index is 13.6. The number of nitrogen functional groups attached to an aromatic ring is 1. The van der Waals surface area contributed by atoms with Crippen LogP contribution in [0.4, 0.5) is 10.1 Å². The third kappa shape index (κ3) is 5.67. The lowest BCUT2D eigenvalue weighted by molar-refractivity contribution is -0.122. The van der Waals surface area contributed by atoms with Crippen molar-refractivity contribution in [3.63, 3.8) is 0 Å². The van der Waals surface area contributed by atoms with E-state index in [2.05, 4.69) is 5.32 Å². The molecule has 0 aliphatic heterocycles. The maximum atomic E-state index is 13.6. The van der Waals surface area contributed by atoms with E-state index in [1.807, 2.05) is 0 Å². The zero-order valence-corrected chi connectivity index (χ0v) is 11.3. The molecule has 19 heavy (non-hydrogen) atoms. The standard InChI is InChI=1S/C13H20FN3O2/c1-17(9-13(18)16-5-6-19-2)8-10-3-4-11(15)7-12(10)14/h3-4,7H,5-6,8-9,15H2,1-2H3,(H,16,18). The van der Waals surface area contributed by atoms with Crippen molar-refractivity contribution in [2.75, 3.05) is 39.6 Å². The predicted molar refractivity (Wildman–Crippen MR) is 72.0 cm³/mol. The second-order valence-electron chi connectivity index (χ2n) is 4.37. The normalized spacial score (nSPS) is 10.7. The molecule has 0 saturated carbocycles. The van der Waals surface area contributed by atoms with Crippen LogP contribution in [0.5, 0.6) is 0 Å². The molecule has 0 aliphatic rings. The first-order chi connectivity index (χ1) is 9.02. The van der Waals surface area contributed by atoms with Crippen LogP contribution in [-0.2, 0) is 16.1 Å². The second kappa shape index (κ2) is 7.70. The van der Waals surface area contributed by atoms with Gasteiger partial charge in [-0.25, -0.2) is 4.39 Å². The van der Waals surface area contributed by atoms with E-state index in [0.717, 1.165) is 0 Å². The van der Waals surface area contributed by atoms with Gasteiger partial charge in [-0.3, -0.25) is 9.69 Å². The first kappa shape index (κ1) is 15.4. The van der Waals surface area contributed by atoms with Crippen molar-refractivity contribution in [1.29, 1.82) is 0 Å². The predicted octanol–water partition coefficient (Wildman–Crippen LogP) is 0.602. The van der Waals surface area contributed by atoms with Gasteiger partial charge in [-0.05, 0) is 19.2 Å². The Bertz CT molecular complexity index is 426. The molecule has 0 fully saturated rings. The highest BCUT2D eigenvalue weighted by atomic mass is 19.1. The Balaban J connectivity index is 2.42. The molecule has 1 rings (SSSR count). The molecule has 6 heteroatoms. The van der Waals surface area contributed by atoms with Gasteiger partial charge in [0.25, 0.3) is 0 Å². The third-order valence-electron chi connectivity index (χ3n) is 2.56. The number of carbonyl (C=O) groups is 1. The van der Waals surface area contributed by atoms with Crippen molar-refractivity contribution < 1.29 is 13.9 Å². The summed E-state index contributed by atoms with van der Waals surface area (Å²) in [6.45, 7) is 1.50. The van der Waals surface area contributed by atoms with Gasteiger partial charge in [0.1, 0.15) is 5.82 Å². The van der Waals surface area contributed by atoms with E-state index in [4.69, 9.17) is 10.5 Å². The molecular weight excluding hydrogens is 249 g/mol. The van der Waals surface area contributed by atoms with Crippen molar-refractivity contribution in [3.05, 3.63) is 29.6 Å². The summed E-state index contributed by atoms with van der Waals surface area (Å²) >= 11 is 0. The van der Waals surface area contributed by atoms with Gasteiger partial charge in [0.05, 0.1) is 13.2 Å². The monoisotopic (exact) mass is 269 g/mol. The van der Waals surface area contributed by atoms with E-state index in [1.54, 1.807) is 31.2 Å². The number of hydrogen-bond donors (Lipinski definition) is 2. The van der Waals surface area contributed by atoms with Gasteiger partial charge >= 0.3 is 0 Å². The van der Waals surface area contributed by atoms with E-state index in [9.17, 15) is 9.18 Å². The number of benzene rings is 1. The zero-order valence-electron chi connectivity index (χ0n) is 11.3. The van der Waals surface area contributed by atoms with Crippen molar-refractivity contribution >= 4 is 11.6 Å². The Kier molecular flexibility index (Phi) is 6.24. The van der Waals surface area contributed by atoms with Gasteiger partial charge in [0.2, 0.25) is 5.91 Å². The van der Waals surface area contributed by atoms with Crippen molar-refractivity contribution in [2.45, 2.75) is 6.54 Å². The quantitative estimate of drug-likeness (QED) is 0.562. The summed E-state index contributed by atoms with van der Waals surface area (Å²) in [6, 6.07) is 4.55. The fourth-order valence-electron chi connectivity index (χ4n) is 1.63. The number of halogens is 1. The Morgan fingerprint density at radius 2 is 2.26 bits per heavy atom. The number of nitrogens with zero attached hydrogens (tertiary/aromatic N) is 1. The highest BCUT2D eigenvalue weighted by Gasteiger charge is 2.09. The van der Waals surface area contributed by atoms with Crippen LogP contribution in [0, 0.1) is 5.82 Å². The number of amides is 1. The van der Waals surface area contributed by atoms with Crippen LogP contribution in [0.3, 0.4) is 0 Å². The number of hydrogen-bond acceptors (Lipinski definition) is 4. The van der Waals surface area contributed by atoms with Crippen LogP contribution in [-0.4, -0.2) is 44.7 Å². The van der Waals surface area contributed by atoms with Crippen LogP contribution in [0.15, 0.2) is 18.2 Å². The first-order valence-corrected chi connectivity index (χ1v) is 6.01. The summed E-state index contributed by atoms with van der Waals surface area (Å²) in [6.07, 6.45) is 0. The van der Waals surface area contributed by atoms with Crippen LogP contribution >= 0.6 is 0 Å². The lowest BCUT2D eigenvalue weighted by Crippen LogP contribution is -2.36. The fraction of sp³-hybridized carbons (Fsp3) is 0.462. The van der Waals surface area contributed by atoms with Crippen LogP contribution in [0.1, 0.15) is 5.56 Å². The van der Waals surface area contributed by atoms with Gasteiger partial charge in [0, 0.05) is 31.5 Å². The summed E-state index contributed by atoms with van der Waals surface area (Å²) in [5.74, 6) is -0.470. The molecule has 0 aliphatic carbocycles. The molecule has 0 bridgehead atoms. The maximum Gasteiger partial charge on any atom is 0.234 e. The van der Waals surface area contributed by atoms with Crippen molar-refractivity contribution in [2.24, 2.45) is 0 Å². The SMILES string of the molecule is COCCNC(=O)CN(C)Cc1ccc(N)cc1F. The number of rotatable bonds is 7. The molecule has 0 radical (unpaired) electrons. The fourth-order valence-corrected chi connectivity index (χ4v) is 1.63. The summed E-state index contributed by atoms with van der Waals surface area (Å²) < 4.78 is 18.4.